The molecule has 1 saturated heterocycles. The van der Waals surface area contributed by atoms with Gasteiger partial charge >= 0.3 is 0 Å². The van der Waals surface area contributed by atoms with Gasteiger partial charge in [-0.3, -0.25) is 14.8 Å². The summed E-state index contributed by atoms with van der Waals surface area (Å²) in [5.41, 5.74) is 2.33. The third-order valence-corrected chi connectivity index (χ3v) is 5.14. The van der Waals surface area contributed by atoms with Crippen LogP contribution in [0.4, 0.5) is 5.69 Å². The number of rotatable bonds is 5. The van der Waals surface area contributed by atoms with Gasteiger partial charge in [-0.25, -0.2) is 0 Å². The first-order chi connectivity index (χ1) is 13.2. The van der Waals surface area contributed by atoms with Crippen LogP contribution in [-0.4, -0.2) is 40.8 Å². The normalized spacial score (nSPS) is 15.1. The maximum Gasteiger partial charge on any atom is 0.258 e. The summed E-state index contributed by atoms with van der Waals surface area (Å²) in [7, 11) is 0. The number of hydrogen-bond acceptors (Lipinski definition) is 4. The van der Waals surface area contributed by atoms with Crippen LogP contribution in [0.5, 0.6) is 5.88 Å². The first-order valence-electron chi connectivity index (χ1n) is 9.40. The number of pyridine rings is 1. The molecule has 0 aliphatic carbocycles. The SMILES string of the molecule is O=c1[nH]c(O)c(C=Nc2ccc(CCN3CCCC3)cc2)c2ccccc12. The van der Waals surface area contributed by atoms with Crippen LogP contribution in [0.3, 0.4) is 0 Å². The minimum absolute atomic E-state index is 0.162. The monoisotopic (exact) mass is 361 g/mol. The highest BCUT2D eigenvalue weighted by atomic mass is 16.3. The molecule has 1 aliphatic rings. The number of nitrogens with zero attached hydrogens (tertiary/aromatic N) is 2. The van der Waals surface area contributed by atoms with E-state index in [4.69, 9.17) is 0 Å². The Balaban J connectivity index is 1.51. The number of hydrogen-bond donors (Lipinski definition) is 2. The van der Waals surface area contributed by atoms with Crippen molar-refractivity contribution in [1.82, 2.24) is 9.88 Å². The molecule has 2 heterocycles. The van der Waals surface area contributed by atoms with Crippen molar-refractivity contribution >= 4 is 22.7 Å². The first kappa shape index (κ1) is 17.5. The van der Waals surface area contributed by atoms with Gasteiger partial charge in [-0.15, -0.1) is 0 Å². The second-order valence-electron chi connectivity index (χ2n) is 6.99. The topological polar surface area (TPSA) is 68.7 Å². The van der Waals surface area contributed by atoms with Gasteiger partial charge < -0.3 is 10.0 Å². The van der Waals surface area contributed by atoms with E-state index in [0.29, 0.717) is 16.3 Å². The number of benzene rings is 2. The lowest BCUT2D eigenvalue weighted by atomic mass is 10.1. The zero-order valence-corrected chi connectivity index (χ0v) is 15.2. The Morgan fingerprint density at radius 1 is 1.04 bits per heavy atom. The molecular weight excluding hydrogens is 338 g/mol. The van der Waals surface area contributed by atoms with Crippen molar-refractivity contribution in [2.75, 3.05) is 19.6 Å². The number of H-pyrrole nitrogens is 1. The molecule has 2 aromatic carbocycles. The van der Waals surface area contributed by atoms with Gasteiger partial charge in [-0.1, -0.05) is 30.3 Å². The molecule has 0 atom stereocenters. The largest absolute Gasteiger partial charge is 0.494 e. The minimum atomic E-state index is -0.303. The van der Waals surface area contributed by atoms with E-state index < -0.39 is 0 Å². The summed E-state index contributed by atoms with van der Waals surface area (Å²) in [5.74, 6) is -0.162. The molecule has 0 bridgehead atoms. The highest BCUT2D eigenvalue weighted by Crippen LogP contribution is 2.22. The highest BCUT2D eigenvalue weighted by Gasteiger charge is 2.11. The van der Waals surface area contributed by atoms with Gasteiger partial charge in [0.2, 0.25) is 5.88 Å². The van der Waals surface area contributed by atoms with E-state index in [1.807, 2.05) is 24.3 Å². The summed E-state index contributed by atoms with van der Waals surface area (Å²) in [4.78, 5) is 21.4. The average Bonchev–Trinajstić information content (AvgIpc) is 3.21. The molecule has 5 heteroatoms. The van der Waals surface area contributed by atoms with Crippen molar-refractivity contribution < 1.29 is 5.11 Å². The Hall–Kier alpha value is -2.92. The first-order valence-corrected chi connectivity index (χ1v) is 9.40. The molecule has 27 heavy (non-hydrogen) atoms. The number of nitrogens with one attached hydrogen (secondary N) is 1. The summed E-state index contributed by atoms with van der Waals surface area (Å²) in [6.45, 7) is 3.55. The highest BCUT2D eigenvalue weighted by molar-refractivity contribution is 6.01. The standard InChI is InChI=1S/C22H23N3O2/c26-21-19-6-2-1-5-18(19)20(22(27)24-21)15-23-17-9-7-16(8-10-17)11-14-25-12-3-4-13-25/h1-2,5-10,15H,3-4,11-14H2,(H2,24,26,27). The molecule has 1 fully saturated rings. The zero-order chi connectivity index (χ0) is 18.6. The molecule has 1 aromatic heterocycles. The third kappa shape index (κ3) is 3.93. The number of aromatic hydroxyl groups is 1. The number of likely N-dealkylation sites (tertiary alicyclic amines) is 1. The van der Waals surface area contributed by atoms with Gasteiger partial charge in [0.05, 0.1) is 11.3 Å². The van der Waals surface area contributed by atoms with Crippen LogP contribution in [0, 0.1) is 0 Å². The lowest BCUT2D eigenvalue weighted by molar-refractivity contribution is 0.343. The van der Waals surface area contributed by atoms with E-state index in [1.165, 1.54) is 31.5 Å². The van der Waals surface area contributed by atoms with Crippen LogP contribution in [0.15, 0.2) is 58.3 Å². The van der Waals surface area contributed by atoms with Crippen LogP contribution < -0.4 is 5.56 Å². The molecule has 0 spiro atoms. The number of aromatic amines is 1. The molecule has 5 nitrogen and oxygen atoms in total. The van der Waals surface area contributed by atoms with E-state index in [1.54, 1.807) is 18.3 Å². The van der Waals surface area contributed by atoms with E-state index in [2.05, 4.69) is 27.0 Å². The van der Waals surface area contributed by atoms with Crippen molar-refractivity contribution in [3.63, 3.8) is 0 Å². The Morgan fingerprint density at radius 3 is 2.48 bits per heavy atom. The predicted molar refractivity (Wildman–Crippen MR) is 109 cm³/mol. The maximum absolute atomic E-state index is 12.0. The summed E-state index contributed by atoms with van der Waals surface area (Å²) in [5, 5.41) is 11.4. The van der Waals surface area contributed by atoms with Crippen LogP contribution in [0.2, 0.25) is 0 Å². The van der Waals surface area contributed by atoms with Gasteiger partial charge in [0.25, 0.3) is 5.56 Å². The maximum atomic E-state index is 12.0. The van der Waals surface area contributed by atoms with E-state index in [9.17, 15) is 9.90 Å². The van der Waals surface area contributed by atoms with Gasteiger partial charge in [0, 0.05) is 23.5 Å². The lowest BCUT2D eigenvalue weighted by Gasteiger charge is -2.14. The average molecular weight is 361 g/mol. The molecular formula is C22H23N3O2. The summed E-state index contributed by atoms with van der Waals surface area (Å²) in [6.07, 6.45) is 5.29. The number of aromatic nitrogens is 1. The van der Waals surface area contributed by atoms with Gasteiger partial charge in [-0.2, -0.15) is 0 Å². The molecule has 0 saturated carbocycles. The second-order valence-corrected chi connectivity index (χ2v) is 6.99. The molecule has 0 radical (unpaired) electrons. The predicted octanol–water partition coefficient (Wildman–Crippen LogP) is 3.62. The number of aliphatic imine (C=N–C) groups is 1. The molecule has 0 unspecified atom stereocenters. The summed E-state index contributed by atoms with van der Waals surface area (Å²) in [6, 6.07) is 15.4. The zero-order valence-electron chi connectivity index (χ0n) is 15.2. The molecule has 3 aromatic rings. The Morgan fingerprint density at radius 2 is 1.74 bits per heavy atom. The summed E-state index contributed by atoms with van der Waals surface area (Å²) >= 11 is 0. The molecule has 2 N–H and O–H groups in total. The Labute approximate surface area is 158 Å². The van der Waals surface area contributed by atoms with Crippen LogP contribution >= 0.6 is 0 Å². The fraction of sp³-hybridized carbons (Fsp3) is 0.273. The van der Waals surface area contributed by atoms with Crippen molar-refractivity contribution in [3.8, 4) is 5.88 Å². The molecule has 1 aliphatic heterocycles. The quantitative estimate of drug-likeness (QED) is 0.682. The van der Waals surface area contributed by atoms with Crippen LogP contribution in [-0.2, 0) is 6.42 Å². The number of fused-ring (bicyclic) bond motifs is 1. The Kier molecular flexibility index (Phi) is 5.03. The van der Waals surface area contributed by atoms with Crippen LogP contribution in [0.1, 0.15) is 24.0 Å². The van der Waals surface area contributed by atoms with E-state index in [-0.39, 0.29) is 11.4 Å². The second kappa shape index (κ2) is 7.76. The minimum Gasteiger partial charge on any atom is -0.494 e. The van der Waals surface area contributed by atoms with Crippen LogP contribution in [0.25, 0.3) is 10.8 Å². The van der Waals surface area contributed by atoms with Gasteiger partial charge in [0.15, 0.2) is 0 Å². The smallest absolute Gasteiger partial charge is 0.258 e. The third-order valence-electron chi connectivity index (χ3n) is 5.14. The Bertz CT molecular complexity index is 1020. The summed E-state index contributed by atoms with van der Waals surface area (Å²) < 4.78 is 0. The van der Waals surface area contributed by atoms with E-state index in [0.717, 1.165) is 18.7 Å². The van der Waals surface area contributed by atoms with Crippen molar-refractivity contribution in [2.45, 2.75) is 19.3 Å². The van der Waals surface area contributed by atoms with Crippen molar-refractivity contribution in [1.29, 1.82) is 0 Å². The van der Waals surface area contributed by atoms with E-state index >= 15 is 0 Å². The molecule has 0 amide bonds. The fourth-order valence-electron chi connectivity index (χ4n) is 3.60. The molecule has 4 rings (SSSR count). The van der Waals surface area contributed by atoms with Crippen molar-refractivity contribution in [3.05, 3.63) is 70.0 Å². The van der Waals surface area contributed by atoms with Gasteiger partial charge in [-0.05, 0) is 56.1 Å². The van der Waals surface area contributed by atoms with Crippen molar-refractivity contribution in [2.24, 2.45) is 4.99 Å². The lowest BCUT2D eigenvalue weighted by Crippen LogP contribution is -2.21. The fourth-order valence-corrected chi connectivity index (χ4v) is 3.60. The molecule has 138 valence electrons. The van der Waals surface area contributed by atoms with Gasteiger partial charge in [0.1, 0.15) is 0 Å².